The lowest BCUT2D eigenvalue weighted by Gasteiger charge is -2.26. The minimum Gasteiger partial charge on any atom is -0.306 e. The molecule has 17 aromatic rings. The largest absolute Gasteiger partial charge is 0.306 e. The van der Waals surface area contributed by atoms with Gasteiger partial charge in [0.25, 0.3) is 0 Å². The summed E-state index contributed by atoms with van der Waals surface area (Å²) in [5.41, 5.74) is 9.74. The first-order valence-electron chi connectivity index (χ1n) is 25.2. The lowest BCUT2D eigenvalue weighted by atomic mass is 9.85. The van der Waals surface area contributed by atoms with E-state index in [9.17, 15) is 10.5 Å². The zero-order chi connectivity index (χ0) is 49.9. The number of aromatic nitrogens is 2. The van der Waals surface area contributed by atoms with E-state index in [2.05, 4.69) is 228 Å². The van der Waals surface area contributed by atoms with Crippen molar-refractivity contribution < 1.29 is 0 Å². The average Bonchev–Trinajstić information content (AvgIpc) is 4.49. The smallest absolute Gasteiger partial charge is 0.102 e. The van der Waals surface area contributed by atoms with Crippen LogP contribution in [0.25, 0.3) is 158 Å². The van der Waals surface area contributed by atoms with E-state index in [0.29, 0.717) is 16.7 Å². The Labute approximate surface area is 449 Å². The summed E-state index contributed by atoms with van der Waals surface area (Å²) in [7, 11) is 0. The van der Waals surface area contributed by atoms with E-state index in [1.54, 1.807) is 45.3 Å². The van der Waals surface area contributed by atoms with E-state index in [1.807, 2.05) is 0 Å². The van der Waals surface area contributed by atoms with Gasteiger partial charge in [0.05, 0.1) is 54.0 Å². The molecule has 0 saturated heterocycles. The highest BCUT2D eigenvalue weighted by Gasteiger charge is 2.34. The fourth-order valence-corrected chi connectivity index (χ4v) is 17.7. The standard InChI is InChI=1S/C68H34N4S4/c69-35-51-59(49-23-13-21-45-39-17-3-9-27-55(39)73-65(45)49)52(36-70)62(72-54-26-8-2-16-38(54)44-32-34-48-42-20-6-12-30-58(42)76-68(48)64(44)72)60(50-24-14-22-46-40-18-4-10-28-56(40)74-66(46)50)61(51)71-53-25-7-1-15-37(53)43-31-33-47-41-19-5-11-29-57(41)75-67(47)63(43)71/h1-34H. The summed E-state index contributed by atoms with van der Waals surface area (Å²) >= 11 is 7.10. The second-order valence-electron chi connectivity index (χ2n) is 19.6. The van der Waals surface area contributed by atoms with Crippen molar-refractivity contribution in [3.8, 4) is 45.8 Å². The molecule has 0 radical (unpaired) electrons. The molecule has 0 aliphatic rings. The maximum absolute atomic E-state index is 12.6. The third-order valence-corrected chi connectivity index (χ3v) is 20.7. The zero-order valence-corrected chi connectivity index (χ0v) is 43.3. The Kier molecular flexibility index (Phi) is 8.73. The number of hydrogen-bond donors (Lipinski definition) is 0. The molecule has 8 heteroatoms. The van der Waals surface area contributed by atoms with Gasteiger partial charge in [0.1, 0.15) is 12.1 Å². The van der Waals surface area contributed by atoms with Gasteiger partial charge in [0, 0.05) is 115 Å². The van der Waals surface area contributed by atoms with Crippen LogP contribution in [0.5, 0.6) is 0 Å². The highest BCUT2D eigenvalue weighted by Crippen LogP contribution is 2.55. The minimum atomic E-state index is 0.451. The van der Waals surface area contributed by atoms with E-state index >= 15 is 0 Å². The quantitative estimate of drug-likeness (QED) is 0.176. The lowest BCUT2D eigenvalue weighted by molar-refractivity contribution is 1.13. The molecule has 0 aliphatic carbocycles. The third kappa shape index (κ3) is 5.53. The van der Waals surface area contributed by atoms with Crippen molar-refractivity contribution in [1.29, 1.82) is 10.5 Å². The summed E-state index contributed by atoms with van der Waals surface area (Å²) in [6, 6.07) is 80.0. The highest BCUT2D eigenvalue weighted by molar-refractivity contribution is 7.28. The van der Waals surface area contributed by atoms with E-state index in [0.717, 1.165) is 111 Å². The summed E-state index contributed by atoms with van der Waals surface area (Å²) in [5, 5.41) is 38.9. The fraction of sp³-hybridized carbons (Fsp3) is 0. The molecule has 0 fully saturated rings. The molecule has 0 N–H and O–H groups in total. The molecule has 4 nitrogen and oxygen atoms in total. The van der Waals surface area contributed by atoms with Gasteiger partial charge in [-0.25, -0.2) is 0 Å². The molecular weight excluding hydrogens is 1000 g/mol. The Morgan fingerprint density at radius 1 is 0.276 bits per heavy atom. The normalized spacial score (nSPS) is 12.2. The molecule has 17 rings (SSSR count). The summed E-state index contributed by atoms with van der Waals surface area (Å²) < 4.78 is 14.0. The van der Waals surface area contributed by atoms with E-state index < -0.39 is 0 Å². The number of rotatable bonds is 4. The van der Waals surface area contributed by atoms with Gasteiger partial charge in [-0.05, 0) is 36.4 Å². The Bertz CT molecular complexity index is 5300. The number of fused-ring (bicyclic) bond motifs is 20. The number of para-hydroxylation sites is 2. The van der Waals surface area contributed by atoms with Crippen LogP contribution in [0, 0.1) is 22.7 Å². The number of hydrogen-bond acceptors (Lipinski definition) is 6. The van der Waals surface area contributed by atoms with Gasteiger partial charge >= 0.3 is 0 Å². The van der Waals surface area contributed by atoms with Crippen molar-refractivity contribution in [2.75, 3.05) is 0 Å². The molecule has 76 heavy (non-hydrogen) atoms. The van der Waals surface area contributed by atoms with Crippen LogP contribution in [0.2, 0.25) is 0 Å². The van der Waals surface area contributed by atoms with Crippen LogP contribution in [-0.4, -0.2) is 9.13 Å². The third-order valence-electron chi connectivity index (χ3n) is 15.8. The second kappa shape index (κ2) is 15.7. The van der Waals surface area contributed by atoms with Crippen molar-refractivity contribution >= 4 is 170 Å². The molecule has 6 heterocycles. The van der Waals surface area contributed by atoms with Crippen molar-refractivity contribution in [3.63, 3.8) is 0 Å². The first-order valence-corrected chi connectivity index (χ1v) is 28.5. The Morgan fingerprint density at radius 3 is 1.00 bits per heavy atom. The van der Waals surface area contributed by atoms with Gasteiger partial charge in [0.2, 0.25) is 0 Å². The molecule has 0 aliphatic heterocycles. The molecule has 11 aromatic carbocycles. The Balaban J connectivity index is 1.20. The molecule has 0 unspecified atom stereocenters. The topological polar surface area (TPSA) is 57.4 Å². The van der Waals surface area contributed by atoms with Gasteiger partial charge in [-0.1, -0.05) is 170 Å². The molecule has 6 aromatic heterocycles. The van der Waals surface area contributed by atoms with Crippen molar-refractivity contribution in [1.82, 2.24) is 9.13 Å². The molecule has 0 bridgehead atoms. The predicted molar refractivity (Wildman–Crippen MR) is 327 cm³/mol. The summed E-state index contributed by atoms with van der Waals surface area (Å²) in [6.45, 7) is 0. The molecule has 0 spiro atoms. The number of thiophene rings is 4. The maximum atomic E-state index is 12.6. The lowest BCUT2D eigenvalue weighted by Crippen LogP contribution is -2.11. The molecule has 0 saturated carbocycles. The minimum absolute atomic E-state index is 0.451. The van der Waals surface area contributed by atoms with Gasteiger partial charge in [0.15, 0.2) is 0 Å². The molecule has 0 atom stereocenters. The van der Waals surface area contributed by atoms with Crippen LogP contribution in [0.4, 0.5) is 0 Å². The first kappa shape index (κ1) is 42.3. The summed E-state index contributed by atoms with van der Waals surface area (Å²) in [5.74, 6) is 0. The van der Waals surface area contributed by atoms with Crippen molar-refractivity contribution in [2.45, 2.75) is 0 Å². The number of nitrogens with zero attached hydrogens (tertiary/aromatic N) is 4. The Hall–Kier alpha value is -9.12. The molecule has 350 valence electrons. The van der Waals surface area contributed by atoms with E-state index in [1.165, 1.54) is 41.0 Å². The second-order valence-corrected chi connectivity index (χ2v) is 23.8. The first-order chi connectivity index (χ1) is 37.7. The number of benzene rings is 11. The van der Waals surface area contributed by atoms with Crippen molar-refractivity contribution in [2.24, 2.45) is 0 Å². The molecular formula is C68H34N4S4. The predicted octanol–water partition coefficient (Wildman–Crippen LogP) is 20.4. The summed E-state index contributed by atoms with van der Waals surface area (Å²) in [6.07, 6.45) is 0. The fourth-order valence-electron chi connectivity index (χ4n) is 12.7. The average molecular weight is 1040 g/mol. The van der Waals surface area contributed by atoms with Crippen LogP contribution < -0.4 is 0 Å². The van der Waals surface area contributed by atoms with Crippen LogP contribution in [-0.2, 0) is 0 Å². The van der Waals surface area contributed by atoms with Crippen LogP contribution in [0.15, 0.2) is 206 Å². The zero-order valence-electron chi connectivity index (χ0n) is 40.1. The summed E-state index contributed by atoms with van der Waals surface area (Å²) in [4.78, 5) is 0. The SMILES string of the molecule is N#Cc1c(-c2cccc3c2sc2ccccc23)c(C#N)c(-n2c3ccccc3c3ccc4c5ccccc5sc4c32)c(-c2cccc3c2sc2ccccc23)c1-n1c2ccccc2c2ccc3c4ccccc4sc3c21. The Morgan fingerprint density at radius 2 is 0.592 bits per heavy atom. The van der Waals surface area contributed by atoms with E-state index in [-0.39, 0.29) is 0 Å². The number of nitriles is 2. The van der Waals surface area contributed by atoms with Crippen LogP contribution >= 0.6 is 45.3 Å². The van der Waals surface area contributed by atoms with Gasteiger partial charge in [-0.2, -0.15) is 10.5 Å². The van der Waals surface area contributed by atoms with E-state index in [4.69, 9.17) is 0 Å². The van der Waals surface area contributed by atoms with Crippen molar-refractivity contribution in [3.05, 3.63) is 217 Å². The van der Waals surface area contributed by atoms with Gasteiger partial charge in [-0.15, -0.1) is 45.3 Å². The maximum Gasteiger partial charge on any atom is 0.102 e. The van der Waals surface area contributed by atoms with Crippen LogP contribution in [0.3, 0.4) is 0 Å². The van der Waals surface area contributed by atoms with Gasteiger partial charge < -0.3 is 9.13 Å². The highest BCUT2D eigenvalue weighted by atomic mass is 32.1. The van der Waals surface area contributed by atoms with Gasteiger partial charge in [-0.3, -0.25) is 0 Å². The monoisotopic (exact) mass is 1030 g/mol. The molecule has 0 amide bonds. The van der Waals surface area contributed by atoms with Crippen LogP contribution in [0.1, 0.15) is 11.1 Å².